The number of hydrogen-bond acceptors (Lipinski definition) is 4. The molecule has 6 nitrogen and oxygen atoms in total. The summed E-state index contributed by atoms with van der Waals surface area (Å²) in [5.74, 6) is 0.985. The van der Waals surface area contributed by atoms with E-state index >= 15 is 0 Å². The average Bonchev–Trinajstić information content (AvgIpc) is 2.75. The largest absolute Gasteiger partial charge is 0.497 e. The van der Waals surface area contributed by atoms with Crippen molar-refractivity contribution in [3.63, 3.8) is 0 Å². The van der Waals surface area contributed by atoms with E-state index < -0.39 is 0 Å². The first kappa shape index (κ1) is 21.0. The molecule has 0 N–H and O–H groups in total. The van der Waals surface area contributed by atoms with Crippen LogP contribution in [0.2, 0.25) is 0 Å². The van der Waals surface area contributed by atoms with E-state index in [9.17, 15) is 9.59 Å². The predicted molar refractivity (Wildman–Crippen MR) is 113 cm³/mol. The number of fused-ring (bicyclic) bond motifs is 1. The number of carbonyl (C=O) groups is 2. The highest BCUT2D eigenvalue weighted by Gasteiger charge is 2.28. The Morgan fingerprint density at radius 2 is 1.55 bits per heavy atom. The van der Waals surface area contributed by atoms with Gasteiger partial charge in [0.25, 0.3) is 0 Å². The van der Waals surface area contributed by atoms with E-state index in [1.54, 1.807) is 12.0 Å². The highest BCUT2D eigenvalue weighted by molar-refractivity contribution is 5.88. The van der Waals surface area contributed by atoms with E-state index in [0.29, 0.717) is 38.7 Å². The number of benzene rings is 2. The van der Waals surface area contributed by atoms with Crippen molar-refractivity contribution >= 4 is 22.8 Å². The molecule has 2 aromatic carbocycles. The van der Waals surface area contributed by atoms with Gasteiger partial charge in [-0.2, -0.15) is 0 Å². The molecule has 0 unspecified atom stereocenters. The summed E-state index contributed by atoms with van der Waals surface area (Å²) in [6.45, 7) is 8.46. The van der Waals surface area contributed by atoms with Crippen LogP contribution in [0.1, 0.15) is 32.3 Å². The summed E-state index contributed by atoms with van der Waals surface area (Å²) in [6, 6.07) is 12.0. The normalized spacial score (nSPS) is 15.5. The van der Waals surface area contributed by atoms with E-state index in [1.807, 2.05) is 56.0 Å². The standard InChI is InChI=1S/C23H30N2O4/c1-16(2)15-29-23(27)25-11-9-24(10-12-25)22(26)17(3)18-5-6-20-14-21(28-4)8-7-19(20)13-18/h5-8,13-14,16-17H,9-12,15H2,1-4H3/t17-/m0/s1. The average molecular weight is 399 g/mol. The quantitative estimate of drug-likeness (QED) is 0.767. The van der Waals surface area contributed by atoms with Crippen LogP contribution >= 0.6 is 0 Å². The smallest absolute Gasteiger partial charge is 0.409 e. The van der Waals surface area contributed by atoms with Crippen LogP contribution in [0.4, 0.5) is 4.79 Å². The van der Waals surface area contributed by atoms with Gasteiger partial charge in [-0.1, -0.05) is 38.1 Å². The molecule has 0 spiro atoms. The lowest BCUT2D eigenvalue weighted by molar-refractivity contribution is -0.134. The Labute approximate surface area is 172 Å². The molecule has 1 saturated heterocycles. The molecule has 0 radical (unpaired) electrons. The van der Waals surface area contributed by atoms with Crippen LogP contribution in [0.5, 0.6) is 5.75 Å². The highest BCUT2D eigenvalue weighted by atomic mass is 16.6. The minimum atomic E-state index is -0.288. The topological polar surface area (TPSA) is 59.1 Å². The molecule has 0 saturated carbocycles. The monoisotopic (exact) mass is 398 g/mol. The molecule has 0 bridgehead atoms. The molecule has 2 amide bonds. The van der Waals surface area contributed by atoms with E-state index in [0.717, 1.165) is 22.1 Å². The number of rotatable bonds is 5. The van der Waals surface area contributed by atoms with Gasteiger partial charge in [0.2, 0.25) is 5.91 Å². The van der Waals surface area contributed by atoms with Gasteiger partial charge in [0.05, 0.1) is 19.6 Å². The van der Waals surface area contributed by atoms with Crippen molar-refractivity contribution in [2.75, 3.05) is 39.9 Å². The summed E-state index contributed by atoms with van der Waals surface area (Å²) >= 11 is 0. The molecule has 29 heavy (non-hydrogen) atoms. The van der Waals surface area contributed by atoms with Crippen LogP contribution in [0.25, 0.3) is 10.8 Å². The van der Waals surface area contributed by atoms with Gasteiger partial charge < -0.3 is 19.3 Å². The van der Waals surface area contributed by atoms with Crippen LogP contribution < -0.4 is 4.74 Å². The summed E-state index contributed by atoms with van der Waals surface area (Å²) in [5.41, 5.74) is 0.992. The second-order valence-corrected chi connectivity index (χ2v) is 7.98. The number of carbonyl (C=O) groups excluding carboxylic acids is 2. The van der Waals surface area contributed by atoms with Crippen LogP contribution in [0.15, 0.2) is 36.4 Å². The summed E-state index contributed by atoms with van der Waals surface area (Å²) in [5, 5.41) is 2.17. The fourth-order valence-electron chi connectivity index (χ4n) is 3.49. The Kier molecular flexibility index (Phi) is 6.62. The molecule has 1 fully saturated rings. The van der Waals surface area contributed by atoms with Gasteiger partial charge in [-0.3, -0.25) is 4.79 Å². The predicted octanol–water partition coefficient (Wildman–Crippen LogP) is 3.89. The van der Waals surface area contributed by atoms with Crippen LogP contribution in [-0.4, -0.2) is 61.7 Å². The molecule has 2 aromatic rings. The highest BCUT2D eigenvalue weighted by Crippen LogP contribution is 2.26. The van der Waals surface area contributed by atoms with E-state index in [4.69, 9.17) is 9.47 Å². The zero-order valence-corrected chi connectivity index (χ0v) is 17.7. The Bertz CT molecular complexity index is 872. The third-order valence-corrected chi connectivity index (χ3v) is 5.33. The molecule has 3 rings (SSSR count). The molecule has 0 aromatic heterocycles. The molecule has 6 heteroatoms. The zero-order chi connectivity index (χ0) is 21.0. The van der Waals surface area contributed by atoms with Crippen molar-refractivity contribution in [1.29, 1.82) is 0 Å². The van der Waals surface area contributed by atoms with Crippen LogP contribution in [-0.2, 0) is 9.53 Å². The molecule has 1 aliphatic rings. The van der Waals surface area contributed by atoms with Gasteiger partial charge in [0, 0.05) is 26.2 Å². The van der Waals surface area contributed by atoms with Crippen molar-refractivity contribution in [3.8, 4) is 5.75 Å². The van der Waals surface area contributed by atoms with Crippen molar-refractivity contribution in [1.82, 2.24) is 9.80 Å². The van der Waals surface area contributed by atoms with Crippen molar-refractivity contribution in [2.24, 2.45) is 5.92 Å². The van der Waals surface area contributed by atoms with Gasteiger partial charge in [0.1, 0.15) is 5.75 Å². The minimum Gasteiger partial charge on any atom is -0.497 e. The maximum Gasteiger partial charge on any atom is 0.409 e. The van der Waals surface area contributed by atoms with Gasteiger partial charge in [-0.15, -0.1) is 0 Å². The number of methoxy groups -OCH3 is 1. The lowest BCUT2D eigenvalue weighted by Crippen LogP contribution is -2.51. The molecule has 0 aliphatic carbocycles. The maximum atomic E-state index is 13.0. The van der Waals surface area contributed by atoms with Crippen molar-refractivity contribution in [3.05, 3.63) is 42.0 Å². The number of amides is 2. The first-order chi connectivity index (χ1) is 13.9. The summed E-state index contributed by atoms with van der Waals surface area (Å²) in [6.07, 6.45) is -0.288. The van der Waals surface area contributed by atoms with Gasteiger partial charge >= 0.3 is 6.09 Å². The SMILES string of the molecule is COc1ccc2cc([C@H](C)C(=O)N3CCN(C(=O)OCC(C)C)CC3)ccc2c1. The lowest BCUT2D eigenvalue weighted by Gasteiger charge is -2.35. The molecule has 1 atom stereocenters. The maximum absolute atomic E-state index is 13.0. The van der Waals surface area contributed by atoms with Gasteiger partial charge in [-0.05, 0) is 41.3 Å². The Balaban J connectivity index is 1.61. The second-order valence-electron chi connectivity index (χ2n) is 7.98. The van der Waals surface area contributed by atoms with Crippen molar-refractivity contribution < 1.29 is 19.1 Å². The van der Waals surface area contributed by atoms with Gasteiger partial charge in [0.15, 0.2) is 0 Å². The van der Waals surface area contributed by atoms with E-state index in [-0.39, 0.29) is 17.9 Å². The minimum absolute atomic E-state index is 0.0908. The third-order valence-electron chi connectivity index (χ3n) is 5.33. The fraction of sp³-hybridized carbons (Fsp3) is 0.478. The number of piperazine rings is 1. The third kappa shape index (κ3) is 5.00. The summed E-state index contributed by atoms with van der Waals surface area (Å²) in [7, 11) is 1.65. The molecule has 1 heterocycles. The summed E-state index contributed by atoms with van der Waals surface area (Å²) in [4.78, 5) is 28.6. The van der Waals surface area contributed by atoms with Crippen molar-refractivity contribution in [2.45, 2.75) is 26.7 Å². The Morgan fingerprint density at radius 1 is 0.931 bits per heavy atom. The van der Waals surface area contributed by atoms with E-state index in [2.05, 4.69) is 6.07 Å². The first-order valence-electron chi connectivity index (χ1n) is 10.2. The number of ether oxygens (including phenoxy) is 2. The molecule has 156 valence electrons. The first-order valence-corrected chi connectivity index (χ1v) is 10.2. The van der Waals surface area contributed by atoms with Gasteiger partial charge in [-0.25, -0.2) is 4.79 Å². The fourth-order valence-corrected chi connectivity index (χ4v) is 3.49. The Hall–Kier alpha value is -2.76. The van der Waals surface area contributed by atoms with E-state index in [1.165, 1.54) is 0 Å². The lowest BCUT2D eigenvalue weighted by atomic mass is 9.96. The zero-order valence-electron chi connectivity index (χ0n) is 17.7. The number of nitrogens with zero attached hydrogens (tertiary/aromatic N) is 2. The summed E-state index contributed by atoms with van der Waals surface area (Å²) < 4.78 is 10.6. The second kappa shape index (κ2) is 9.16. The number of hydrogen-bond donors (Lipinski definition) is 0. The molecule has 1 aliphatic heterocycles. The molecular weight excluding hydrogens is 368 g/mol. The Morgan fingerprint density at radius 3 is 2.21 bits per heavy atom. The van der Waals surface area contributed by atoms with Crippen LogP contribution in [0.3, 0.4) is 0 Å². The van der Waals surface area contributed by atoms with Crippen LogP contribution in [0, 0.1) is 5.92 Å². The molecular formula is C23H30N2O4.